The number of hydrogen-bond acceptors (Lipinski definition) is 3. The summed E-state index contributed by atoms with van der Waals surface area (Å²) < 4.78 is 0. The first-order valence-electron chi connectivity index (χ1n) is 6.66. The first-order chi connectivity index (χ1) is 8.33. The molecule has 96 valence electrons. The van der Waals surface area contributed by atoms with Crippen LogP contribution in [-0.4, -0.2) is 30.7 Å². The molecule has 2 N–H and O–H groups in total. The zero-order valence-electron chi connectivity index (χ0n) is 11.1. The van der Waals surface area contributed by atoms with E-state index in [1.165, 1.54) is 18.4 Å². The zero-order valence-corrected chi connectivity index (χ0v) is 11.1. The van der Waals surface area contributed by atoms with E-state index in [4.69, 9.17) is 0 Å². The third kappa shape index (κ3) is 7.08. The van der Waals surface area contributed by atoms with E-state index in [0.717, 1.165) is 26.1 Å². The smallest absolute Gasteiger partial charge is 0.0299 e. The average Bonchev–Trinajstić information content (AvgIpc) is 2.36. The topological polar surface area (TPSA) is 37.0 Å². The van der Waals surface area contributed by atoms with Crippen molar-refractivity contribution in [3.05, 3.63) is 30.1 Å². The highest BCUT2D eigenvalue weighted by atomic mass is 15.0. The molecule has 1 rings (SSSR count). The van der Waals surface area contributed by atoms with Crippen molar-refractivity contribution in [1.29, 1.82) is 0 Å². The molecule has 0 spiro atoms. The predicted molar refractivity (Wildman–Crippen MR) is 73.2 cm³/mol. The molecule has 1 unspecified atom stereocenters. The van der Waals surface area contributed by atoms with Gasteiger partial charge in [-0.25, -0.2) is 0 Å². The van der Waals surface area contributed by atoms with Crippen LogP contribution in [0, 0.1) is 0 Å². The van der Waals surface area contributed by atoms with Gasteiger partial charge in [-0.15, -0.1) is 0 Å². The Hall–Kier alpha value is -0.930. The quantitative estimate of drug-likeness (QED) is 0.643. The SMILES string of the molecule is CCCNCC(C)NCCCc1cccnc1. The summed E-state index contributed by atoms with van der Waals surface area (Å²) in [5.41, 5.74) is 1.33. The second-order valence-corrected chi connectivity index (χ2v) is 4.52. The lowest BCUT2D eigenvalue weighted by Crippen LogP contribution is -2.37. The van der Waals surface area contributed by atoms with Crippen molar-refractivity contribution in [3.8, 4) is 0 Å². The molecule has 0 radical (unpaired) electrons. The average molecular weight is 235 g/mol. The van der Waals surface area contributed by atoms with E-state index in [9.17, 15) is 0 Å². The maximum Gasteiger partial charge on any atom is 0.0299 e. The summed E-state index contributed by atoms with van der Waals surface area (Å²) >= 11 is 0. The van der Waals surface area contributed by atoms with Gasteiger partial charge in [0.2, 0.25) is 0 Å². The standard InChI is InChI=1S/C14H25N3/c1-3-8-15-11-13(2)17-10-5-7-14-6-4-9-16-12-14/h4,6,9,12-13,15,17H,3,5,7-8,10-11H2,1-2H3. The van der Waals surface area contributed by atoms with E-state index in [2.05, 4.69) is 35.5 Å². The monoisotopic (exact) mass is 235 g/mol. The fraction of sp³-hybridized carbons (Fsp3) is 0.643. The number of nitrogens with one attached hydrogen (secondary N) is 2. The van der Waals surface area contributed by atoms with Crippen LogP contribution >= 0.6 is 0 Å². The van der Waals surface area contributed by atoms with Gasteiger partial charge in [0.1, 0.15) is 0 Å². The summed E-state index contributed by atoms with van der Waals surface area (Å²) in [6.45, 7) is 7.66. The molecule has 1 heterocycles. The lowest BCUT2D eigenvalue weighted by Gasteiger charge is -2.14. The van der Waals surface area contributed by atoms with Crippen LogP contribution in [0.4, 0.5) is 0 Å². The highest BCUT2D eigenvalue weighted by Gasteiger charge is 1.99. The predicted octanol–water partition coefficient (Wildman–Crippen LogP) is 1.99. The summed E-state index contributed by atoms with van der Waals surface area (Å²) in [6, 6.07) is 4.69. The van der Waals surface area contributed by atoms with Crippen LogP contribution in [0.1, 0.15) is 32.3 Å². The molecule has 1 aromatic heterocycles. The summed E-state index contributed by atoms with van der Waals surface area (Å²) in [7, 11) is 0. The van der Waals surface area contributed by atoms with Gasteiger partial charge in [0.05, 0.1) is 0 Å². The molecule has 3 heteroatoms. The number of pyridine rings is 1. The lowest BCUT2D eigenvalue weighted by atomic mass is 10.1. The minimum absolute atomic E-state index is 0.551. The first-order valence-corrected chi connectivity index (χ1v) is 6.66. The minimum Gasteiger partial charge on any atom is -0.315 e. The molecule has 0 aliphatic carbocycles. The molecule has 17 heavy (non-hydrogen) atoms. The van der Waals surface area contributed by atoms with Gasteiger partial charge in [0.15, 0.2) is 0 Å². The molecule has 0 bridgehead atoms. The van der Waals surface area contributed by atoms with Crippen molar-refractivity contribution >= 4 is 0 Å². The molecule has 1 aromatic rings. The largest absolute Gasteiger partial charge is 0.315 e. The normalized spacial score (nSPS) is 12.6. The van der Waals surface area contributed by atoms with Gasteiger partial charge in [-0.05, 0) is 50.9 Å². The van der Waals surface area contributed by atoms with E-state index < -0.39 is 0 Å². The second kappa shape index (κ2) is 9.14. The molecule has 0 amide bonds. The molecular weight excluding hydrogens is 210 g/mol. The van der Waals surface area contributed by atoms with Gasteiger partial charge in [0.25, 0.3) is 0 Å². The molecule has 1 atom stereocenters. The molecular formula is C14H25N3. The molecule has 0 fully saturated rings. The van der Waals surface area contributed by atoms with Crippen LogP contribution in [0.15, 0.2) is 24.5 Å². The molecule has 0 aliphatic rings. The molecule has 3 nitrogen and oxygen atoms in total. The van der Waals surface area contributed by atoms with Gasteiger partial charge in [-0.1, -0.05) is 13.0 Å². The van der Waals surface area contributed by atoms with Crippen molar-refractivity contribution in [1.82, 2.24) is 15.6 Å². The third-order valence-electron chi connectivity index (χ3n) is 2.74. The Kier molecular flexibility index (Phi) is 7.60. The fourth-order valence-corrected chi connectivity index (χ4v) is 1.75. The third-order valence-corrected chi connectivity index (χ3v) is 2.74. The lowest BCUT2D eigenvalue weighted by molar-refractivity contribution is 0.496. The van der Waals surface area contributed by atoms with Gasteiger partial charge < -0.3 is 10.6 Å². The van der Waals surface area contributed by atoms with E-state index in [1.54, 1.807) is 0 Å². The van der Waals surface area contributed by atoms with Gasteiger partial charge in [0, 0.05) is 25.0 Å². The maximum absolute atomic E-state index is 4.12. The van der Waals surface area contributed by atoms with Crippen molar-refractivity contribution < 1.29 is 0 Å². The van der Waals surface area contributed by atoms with E-state index in [0.29, 0.717) is 6.04 Å². The van der Waals surface area contributed by atoms with Crippen molar-refractivity contribution in [2.75, 3.05) is 19.6 Å². The molecule has 0 aromatic carbocycles. The van der Waals surface area contributed by atoms with E-state index in [1.807, 2.05) is 18.5 Å². The first kappa shape index (κ1) is 14.1. The molecule has 0 saturated heterocycles. The Balaban J connectivity index is 2.00. The number of hydrogen-bond donors (Lipinski definition) is 2. The molecule has 0 aliphatic heterocycles. The van der Waals surface area contributed by atoms with Crippen LogP contribution in [0.25, 0.3) is 0 Å². The van der Waals surface area contributed by atoms with Gasteiger partial charge in [-0.3, -0.25) is 4.98 Å². The van der Waals surface area contributed by atoms with Crippen LogP contribution in [-0.2, 0) is 6.42 Å². The van der Waals surface area contributed by atoms with Crippen molar-refractivity contribution in [3.63, 3.8) is 0 Å². The van der Waals surface area contributed by atoms with Crippen LogP contribution in [0.3, 0.4) is 0 Å². The Bertz CT molecular complexity index is 274. The Morgan fingerprint density at radius 3 is 2.94 bits per heavy atom. The number of aromatic nitrogens is 1. The highest BCUT2D eigenvalue weighted by molar-refractivity contribution is 5.08. The zero-order chi connectivity index (χ0) is 12.3. The summed E-state index contributed by atoms with van der Waals surface area (Å²) in [5.74, 6) is 0. The highest BCUT2D eigenvalue weighted by Crippen LogP contribution is 1.99. The van der Waals surface area contributed by atoms with Crippen LogP contribution in [0.2, 0.25) is 0 Å². The van der Waals surface area contributed by atoms with Crippen molar-refractivity contribution in [2.45, 2.75) is 39.2 Å². The Morgan fingerprint density at radius 2 is 2.24 bits per heavy atom. The van der Waals surface area contributed by atoms with E-state index in [-0.39, 0.29) is 0 Å². The minimum atomic E-state index is 0.551. The van der Waals surface area contributed by atoms with Crippen LogP contribution < -0.4 is 10.6 Å². The van der Waals surface area contributed by atoms with Crippen LogP contribution in [0.5, 0.6) is 0 Å². The van der Waals surface area contributed by atoms with Gasteiger partial charge >= 0.3 is 0 Å². The number of aryl methyl sites for hydroxylation is 1. The fourth-order valence-electron chi connectivity index (χ4n) is 1.75. The second-order valence-electron chi connectivity index (χ2n) is 4.52. The Labute approximate surface area is 105 Å². The summed E-state index contributed by atoms with van der Waals surface area (Å²) in [5, 5.41) is 6.95. The molecule has 0 saturated carbocycles. The summed E-state index contributed by atoms with van der Waals surface area (Å²) in [6.07, 6.45) is 7.25. The van der Waals surface area contributed by atoms with Gasteiger partial charge in [-0.2, -0.15) is 0 Å². The Morgan fingerprint density at radius 1 is 1.35 bits per heavy atom. The number of rotatable bonds is 9. The van der Waals surface area contributed by atoms with Crippen molar-refractivity contribution in [2.24, 2.45) is 0 Å². The number of nitrogens with zero attached hydrogens (tertiary/aromatic N) is 1. The van der Waals surface area contributed by atoms with E-state index >= 15 is 0 Å². The maximum atomic E-state index is 4.12. The summed E-state index contributed by atoms with van der Waals surface area (Å²) in [4.78, 5) is 4.12.